The molecular weight excluding hydrogens is 338 g/mol. The van der Waals surface area contributed by atoms with Crippen molar-refractivity contribution in [2.24, 2.45) is 5.10 Å². The number of carbonyl (C=O) groups excluding carboxylic acids is 1. The first kappa shape index (κ1) is 18.7. The number of carbonyl (C=O) groups is 1. The van der Waals surface area contributed by atoms with E-state index in [1.807, 2.05) is 6.07 Å². The average Bonchev–Trinajstić information content (AvgIpc) is 2.62. The van der Waals surface area contributed by atoms with Gasteiger partial charge in [-0.1, -0.05) is 31.2 Å². The standard InChI is InChI=1S/C17H19N5O4/c1-3-10-22-15(24)13(14(23)19-17(22)26)12(4-2)20-21-16(25)18-11-8-6-5-7-9-11/h3,5-9,24H,1,4,10H2,2H3,(H2,18,21,25)(H,19,23,26)/b20-12+. The number of benzene rings is 1. The van der Waals surface area contributed by atoms with Gasteiger partial charge in [-0.2, -0.15) is 5.10 Å². The fourth-order valence-electron chi connectivity index (χ4n) is 2.23. The van der Waals surface area contributed by atoms with Crippen LogP contribution in [0.1, 0.15) is 18.9 Å². The van der Waals surface area contributed by atoms with Crippen LogP contribution >= 0.6 is 0 Å². The third-order valence-corrected chi connectivity index (χ3v) is 3.43. The molecule has 0 aliphatic carbocycles. The molecule has 4 N–H and O–H groups in total. The third-order valence-electron chi connectivity index (χ3n) is 3.43. The van der Waals surface area contributed by atoms with Crippen molar-refractivity contribution in [2.45, 2.75) is 19.9 Å². The number of urea groups is 1. The van der Waals surface area contributed by atoms with Gasteiger partial charge in [-0.25, -0.2) is 15.0 Å². The molecule has 0 aliphatic heterocycles. The highest BCUT2D eigenvalue weighted by atomic mass is 16.3. The molecule has 0 saturated carbocycles. The monoisotopic (exact) mass is 357 g/mol. The molecule has 0 fully saturated rings. The lowest BCUT2D eigenvalue weighted by Crippen LogP contribution is -2.34. The summed E-state index contributed by atoms with van der Waals surface area (Å²) in [5.74, 6) is -0.537. The topological polar surface area (TPSA) is 129 Å². The minimum Gasteiger partial charge on any atom is -0.494 e. The Kier molecular flexibility index (Phi) is 6.10. The predicted molar refractivity (Wildman–Crippen MR) is 98.6 cm³/mol. The summed E-state index contributed by atoms with van der Waals surface area (Å²) in [4.78, 5) is 37.9. The Hall–Kier alpha value is -3.62. The molecular formula is C17H19N5O4. The number of anilines is 1. The second-order valence-electron chi connectivity index (χ2n) is 5.20. The number of rotatable bonds is 6. The van der Waals surface area contributed by atoms with Crippen molar-refractivity contribution in [3.63, 3.8) is 0 Å². The fraction of sp³-hybridized carbons (Fsp3) is 0.176. The molecule has 9 nitrogen and oxygen atoms in total. The minimum atomic E-state index is -0.793. The molecule has 0 atom stereocenters. The Morgan fingerprint density at radius 3 is 2.65 bits per heavy atom. The zero-order valence-electron chi connectivity index (χ0n) is 14.2. The van der Waals surface area contributed by atoms with Gasteiger partial charge in [0.05, 0.1) is 5.71 Å². The number of nitrogens with one attached hydrogen (secondary N) is 3. The summed E-state index contributed by atoms with van der Waals surface area (Å²) < 4.78 is 0.943. The number of allylic oxidation sites excluding steroid dienone is 1. The lowest BCUT2D eigenvalue weighted by atomic mass is 10.1. The average molecular weight is 357 g/mol. The van der Waals surface area contributed by atoms with Gasteiger partial charge in [0.15, 0.2) is 0 Å². The molecule has 1 aromatic heterocycles. The van der Waals surface area contributed by atoms with E-state index in [0.717, 1.165) is 4.57 Å². The maximum Gasteiger partial charge on any atom is 0.339 e. The molecule has 0 aliphatic rings. The van der Waals surface area contributed by atoms with Crippen molar-refractivity contribution in [1.82, 2.24) is 15.0 Å². The van der Waals surface area contributed by atoms with E-state index in [9.17, 15) is 19.5 Å². The molecule has 1 aromatic carbocycles. The van der Waals surface area contributed by atoms with Crippen LogP contribution < -0.4 is 22.0 Å². The van der Waals surface area contributed by atoms with Crippen molar-refractivity contribution in [3.8, 4) is 5.88 Å². The van der Waals surface area contributed by atoms with Crippen molar-refractivity contribution in [1.29, 1.82) is 0 Å². The number of aromatic hydroxyl groups is 1. The van der Waals surface area contributed by atoms with Crippen molar-refractivity contribution in [2.75, 3.05) is 5.32 Å². The summed E-state index contributed by atoms with van der Waals surface area (Å²) in [5, 5.41) is 16.7. The third kappa shape index (κ3) is 4.26. The van der Waals surface area contributed by atoms with E-state index in [4.69, 9.17) is 0 Å². The molecule has 2 amide bonds. The van der Waals surface area contributed by atoms with Gasteiger partial charge in [-0.15, -0.1) is 6.58 Å². The molecule has 2 aromatic rings. The van der Waals surface area contributed by atoms with E-state index in [1.54, 1.807) is 31.2 Å². The molecule has 9 heteroatoms. The van der Waals surface area contributed by atoms with E-state index >= 15 is 0 Å². The van der Waals surface area contributed by atoms with E-state index in [-0.39, 0.29) is 24.2 Å². The Labute approximate surface area is 148 Å². The van der Waals surface area contributed by atoms with Crippen LogP contribution in [-0.4, -0.2) is 26.4 Å². The quantitative estimate of drug-likeness (QED) is 0.353. The summed E-state index contributed by atoms with van der Waals surface area (Å²) in [6.45, 7) is 5.20. The molecule has 0 spiro atoms. The van der Waals surface area contributed by atoms with E-state index in [1.165, 1.54) is 6.08 Å². The normalized spacial score (nSPS) is 11.0. The Balaban J connectivity index is 2.30. The van der Waals surface area contributed by atoms with Gasteiger partial charge in [0.2, 0.25) is 5.88 Å². The van der Waals surface area contributed by atoms with Gasteiger partial charge in [0, 0.05) is 12.2 Å². The highest BCUT2D eigenvalue weighted by Crippen LogP contribution is 2.13. The minimum absolute atomic E-state index is 0.00730. The number of nitrogens with zero attached hydrogens (tertiary/aromatic N) is 2. The fourth-order valence-corrected chi connectivity index (χ4v) is 2.23. The van der Waals surface area contributed by atoms with Gasteiger partial charge < -0.3 is 10.4 Å². The van der Waals surface area contributed by atoms with Gasteiger partial charge in [0.1, 0.15) is 5.56 Å². The molecule has 1 heterocycles. The number of hydrogen-bond donors (Lipinski definition) is 4. The van der Waals surface area contributed by atoms with Crippen molar-refractivity contribution < 1.29 is 9.90 Å². The van der Waals surface area contributed by atoms with Crippen LogP contribution in [0.15, 0.2) is 57.7 Å². The molecule has 136 valence electrons. The molecule has 2 rings (SSSR count). The van der Waals surface area contributed by atoms with Gasteiger partial charge >= 0.3 is 11.7 Å². The second-order valence-corrected chi connectivity index (χ2v) is 5.20. The number of H-pyrrole nitrogens is 1. The Morgan fingerprint density at radius 2 is 2.04 bits per heavy atom. The largest absolute Gasteiger partial charge is 0.494 e. The second kappa shape index (κ2) is 8.47. The Bertz CT molecular complexity index is 944. The SMILES string of the molecule is C=CCn1c(O)c(/C(CC)=N/NC(=O)Nc2ccccc2)c(=O)[nH]c1=O. The maximum atomic E-state index is 12.1. The van der Waals surface area contributed by atoms with Crippen LogP contribution in [0.3, 0.4) is 0 Å². The summed E-state index contributed by atoms with van der Waals surface area (Å²) in [6, 6.07) is 8.12. The Morgan fingerprint density at radius 1 is 1.35 bits per heavy atom. The number of aromatic nitrogens is 2. The molecule has 0 radical (unpaired) electrons. The zero-order chi connectivity index (χ0) is 19.1. The molecule has 26 heavy (non-hydrogen) atoms. The van der Waals surface area contributed by atoms with Gasteiger partial charge in [0.25, 0.3) is 5.56 Å². The van der Waals surface area contributed by atoms with Crippen molar-refractivity contribution in [3.05, 3.63) is 69.4 Å². The molecule has 0 bridgehead atoms. The summed E-state index contributed by atoms with van der Waals surface area (Å²) in [5.41, 5.74) is 1.21. The van der Waals surface area contributed by atoms with Crippen LogP contribution in [0.2, 0.25) is 0 Å². The number of hydrogen-bond acceptors (Lipinski definition) is 5. The lowest BCUT2D eigenvalue weighted by molar-refractivity contribution is 0.252. The summed E-state index contributed by atoms with van der Waals surface area (Å²) >= 11 is 0. The molecule has 0 unspecified atom stereocenters. The van der Waals surface area contributed by atoms with Gasteiger partial charge in [-0.05, 0) is 18.6 Å². The van der Waals surface area contributed by atoms with E-state index in [0.29, 0.717) is 5.69 Å². The smallest absolute Gasteiger partial charge is 0.339 e. The highest BCUT2D eigenvalue weighted by molar-refractivity contribution is 6.02. The van der Waals surface area contributed by atoms with E-state index < -0.39 is 23.2 Å². The summed E-state index contributed by atoms with van der Waals surface area (Å²) in [7, 11) is 0. The number of hydrazone groups is 1. The zero-order valence-corrected chi connectivity index (χ0v) is 14.2. The van der Waals surface area contributed by atoms with Crippen molar-refractivity contribution >= 4 is 17.4 Å². The lowest BCUT2D eigenvalue weighted by Gasteiger charge is -2.11. The van der Waals surface area contributed by atoms with Crippen LogP contribution in [0.5, 0.6) is 5.88 Å². The van der Waals surface area contributed by atoms with E-state index in [2.05, 4.69) is 27.4 Å². The van der Waals surface area contributed by atoms with Crippen LogP contribution in [0.4, 0.5) is 10.5 Å². The van der Waals surface area contributed by atoms with Crippen LogP contribution in [0.25, 0.3) is 0 Å². The number of amides is 2. The highest BCUT2D eigenvalue weighted by Gasteiger charge is 2.18. The van der Waals surface area contributed by atoms with Crippen LogP contribution in [-0.2, 0) is 6.54 Å². The maximum absolute atomic E-state index is 12.1. The summed E-state index contributed by atoms with van der Waals surface area (Å²) in [6.07, 6.45) is 1.63. The van der Waals surface area contributed by atoms with Crippen LogP contribution in [0, 0.1) is 0 Å². The van der Waals surface area contributed by atoms with Gasteiger partial charge in [-0.3, -0.25) is 14.3 Å². The molecule has 0 saturated heterocycles. The first-order valence-electron chi connectivity index (χ1n) is 7.83. The first-order chi connectivity index (χ1) is 12.5. The number of para-hydroxylation sites is 1. The first-order valence-corrected chi connectivity index (χ1v) is 7.83. The number of aromatic amines is 1. The predicted octanol–water partition coefficient (Wildman–Crippen LogP) is 1.36.